The van der Waals surface area contributed by atoms with Crippen molar-refractivity contribution in [3.05, 3.63) is 52.9 Å². The highest BCUT2D eigenvalue weighted by Gasteiger charge is 2.18. The molecule has 0 radical (unpaired) electrons. The minimum Gasteiger partial charge on any atom is -0.478 e. The standard InChI is InChI=1S/C17H17N3O5S2/c1-25-6-4-18-27(23,24)15-9-13(17(21)22)8-14(10-15)20-5-2-16(19-20)12-3-7-26-11-12/h2-3,5,7-11,18H,4,6H2,1H3,(H,21,22). The number of aromatic nitrogens is 2. The van der Waals surface area contributed by atoms with Crippen LogP contribution in [0.25, 0.3) is 16.9 Å². The number of aromatic carboxylic acids is 1. The normalized spacial score (nSPS) is 11.6. The Morgan fingerprint density at radius 1 is 1.33 bits per heavy atom. The van der Waals surface area contributed by atoms with Crippen LogP contribution in [0, 0.1) is 0 Å². The maximum atomic E-state index is 12.5. The average molecular weight is 407 g/mol. The summed E-state index contributed by atoms with van der Waals surface area (Å²) in [4.78, 5) is 11.3. The first-order chi connectivity index (χ1) is 12.9. The van der Waals surface area contributed by atoms with Gasteiger partial charge in [0.1, 0.15) is 0 Å². The summed E-state index contributed by atoms with van der Waals surface area (Å²) < 4.78 is 33.6. The van der Waals surface area contributed by atoms with Crippen molar-refractivity contribution >= 4 is 27.3 Å². The van der Waals surface area contributed by atoms with Crippen molar-refractivity contribution < 1.29 is 23.1 Å². The number of nitrogens with zero attached hydrogens (tertiary/aromatic N) is 2. The number of carboxylic acid groups (broad SMARTS) is 1. The Morgan fingerprint density at radius 2 is 2.15 bits per heavy atom. The van der Waals surface area contributed by atoms with Crippen LogP contribution in [-0.4, -0.2) is 49.5 Å². The molecular formula is C17H17N3O5S2. The number of nitrogens with one attached hydrogen (secondary N) is 1. The molecule has 142 valence electrons. The predicted molar refractivity (Wildman–Crippen MR) is 101 cm³/mol. The van der Waals surface area contributed by atoms with Crippen LogP contribution in [0.3, 0.4) is 0 Å². The number of methoxy groups -OCH3 is 1. The van der Waals surface area contributed by atoms with Crippen LogP contribution in [0.15, 0.2) is 52.2 Å². The van der Waals surface area contributed by atoms with Gasteiger partial charge >= 0.3 is 5.97 Å². The second kappa shape index (κ2) is 8.01. The number of hydrogen-bond donors (Lipinski definition) is 2. The van der Waals surface area contributed by atoms with E-state index in [-0.39, 0.29) is 23.6 Å². The number of hydrogen-bond acceptors (Lipinski definition) is 6. The summed E-state index contributed by atoms with van der Waals surface area (Å²) in [6.07, 6.45) is 1.66. The fourth-order valence-electron chi connectivity index (χ4n) is 2.39. The first-order valence-electron chi connectivity index (χ1n) is 7.86. The fraction of sp³-hybridized carbons (Fsp3) is 0.176. The minimum atomic E-state index is -3.89. The van der Waals surface area contributed by atoms with E-state index >= 15 is 0 Å². The lowest BCUT2D eigenvalue weighted by Crippen LogP contribution is -2.27. The summed E-state index contributed by atoms with van der Waals surface area (Å²) in [5.74, 6) is -1.23. The van der Waals surface area contributed by atoms with E-state index in [4.69, 9.17) is 4.74 Å². The highest BCUT2D eigenvalue weighted by molar-refractivity contribution is 7.89. The number of sulfonamides is 1. The quantitative estimate of drug-likeness (QED) is 0.554. The molecule has 8 nitrogen and oxygen atoms in total. The van der Waals surface area contributed by atoms with Crippen LogP contribution in [0.1, 0.15) is 10.4 Å². The zero-order valence-electron chi connectivity index (χ0n) is 14.3. The van der Waals surface area contributed by atoms with Crippen molar-refractivity contribution in [1.29, 1.82) is 0 Å². The molecule has 2 heterocycles. The van der Waals surface area contributed by atoms with Gasteiger partial charge in [-0.3, -0.25) is 0 Å². The van der Waals surface area contributed by atoms with E-state index in [0.29, 0.717) is 11.4 Å². The Hall–Kier alpha value is -2.53. The topological polar surface area (TPSA) is 111 Å². The number of carboxylic acids is 1. The van der Waals surface area contributed by atoms with Crippen LogP contribution in [0.5, 0.6) is 0 Å². The molecule has 0 unspecified atom stereocenters. The smallest absolute Gasteiger partial charge is 0.335 e. The van der Waals surface area contributed by atoms with Crippen LogP contribution in [0.2, 0.25) is 0 Å². The minimum absolute atomic E-state index is 0.0789. The number of rotatable bonds is 8. The van der Waals surface area contributed by atoms with Crippen LogP contribution in [0.4, 0.5) is 0 Å². The molecular weight excluding hydrogens is 390 g/mol. The second-order valence-electron chi connectivity index (χ2n) is 5.57. The van der Waals surface area contributed by atoms with Gasteiger partial charge in [-0.15, -0.1) is 0 Å². The predicted octanol–water partition coefficient (Wildman–Crippen LogP) is 2.22. The summed E-state index contributed by atoms with van der Waals surface area (Å²) in [6, 6.07) is 7.57. The maximum absolute atomic E-state index is 12.5. The Morgan fingerprint density at radius 3 is 2.81 bits per heavy atom. The second-order valence-corrected chi connectivity index (χ2v) is 8.12. The molecule has 2 N–H and O–H groups in total. The lowest BCUT2D eigenvalue weighted by Gasteiger charge is -2.10. The van der Waals surface area contributed by atoms with Gasteiger partial charge in [-0.05, 0) is 35.7 Å². The monoisotopic (exact) mass is 407 g/mol. The largest absolute Gasteiger partial charge is 0.478 e. The molecule has 27 heavy (non-hydrogen) atoms. The van der Waals surface area contributed by atoms with Crippen molar-refractivity contribution in [2.45, 2.75) is 4.90 Å². The van der Waals surface area contributed by atoms with Crippen LogP contribution < -0.4 is 4.72 Å². The molecule has 0 aliphatic rings. The maximum Gasteiger partial charge on any atom is 0.335 e. The van der Waals surface area contributed by atoms with Gasteiger partial charge in [-0.25, -0.2) is 22.6 Å². The van der Waals surface area contributed by atoms with Crippen molar-refractivity contribution in [3.8, 4) is 16.9 Å². The van der Waals surface area contributed by atoms with Gasteiger partial charge in [0.2, 0.25) is 10.0 Å². The van der Waals surface area contributed by atoms with Gasteiger partial charge in [0.05, 0.1) is 28.4 Å². The molecule has 0 amide bonds. The van der Waals surface area contributed by atoms with E-state index in [2.05, 4.69) is 9.82 Å². The van der Waals surface area contributed by atoms with Gasteiger partial charge in [0.25, 0.3) is 0 Å². The van der Waals surface area contributed by atoms with Crippen molar-refractivity contribution in [1.82, 2.24) is 14.5 Å². The molecule has 0 fully saturated rings. The summed E-state index contributed by atoms with van der Waals surface area (Å²) in [6.45, 7) is 0.281. The molecule has 0 saturated carbocycles. The molecule has 2 aromatic heterocycles. The Labute approximate surface area is 160 Å². The summed E-state index contributed by atoms with van der Waals surface area (Å²) in [5, 5.41) is 17.6. The summed E-state index contributed by atoms with van der Waals surface area (Å²) in [7, 11) is -2.43. The average Bonchev–Trinajstić information content (AvgIpc) is 3.33. The van der Waals surface area contributed by atoms with Crippen LogP contribution in [-0.2, 0) is 14.8 Å². The van der Waals surface area contributed by atoms with Gasteiger partial charge in [-0.2, -0.15) is 16.4 Å². The molecule has 3 aromatic rings. The van der Waals surface area contributed by atoms with Crippen molar-refractivity contribution in [2.75, 3.05) is 20.3 Å². The molecule has 0 spiro atoms. The fourth-order valence-corrected chi connectivity index (χ4v) is 4.11. The van der Waals surface area contributed by atoms with Gasteiger partial charge < -0.3 is 9.84 Å². The number of thiophene rings is 1. The summed E-state index contributed by atoms with van der Waals surface area (Å²) >= 11 is 1.54. The molecule has 0 atom stereocenters. The Bertz CT molecular complexity index is 1040. The number of carbonyl (C=O) groups is 1. The van der Waals surface area contributed by atoms with Crippen molar-refractivity contribution in [2.24, 2.45) is 0 Å². The van der Waals surface area contributed by atoms with E-state index in [1.807, 2.05) is 16.8 Å². The first-order valence-corrected chi connectivity index (χ1v) is 10.3. The molecule has 0 aliphatic heterocycles. The molecule has 0 saturated heterocycles. The third kappa shape index (κ3) is 4.42. The van der Waals surface area contributed by atoms with Crippen molar-refractivity contribution in [3.63, 3.8) is 0 Å². The zero-order chi connectivity index (χ0) is 19.4. The van der Waals surface area contributed by atoms with Crippen LogP contribution >= 0.6 is 11.3 Å². The number of ether oxygens (including phenoxy) is 1. The molecule has 10 heteroatoms. The highest BCUT2D eigenvalue weighted by Crippen LogP contribution is 2.23. The molecule has 1 aromatic carbocycles. The van der Waals surface area contributed by atoms with E-state index in [9.17, 15) is 18.3 Å². The first kappa shape index (κ1) is 19.2. The van der Waals surface area contributed by atoms with E-state index in [0.717, 1.165) is 11.6 Å². The Balaban J connectivity index is 2.01. The van der Waals surface area contributed by atoms with E-state index < -0.39 is 16.0 Å². The Kier molecular flexibility index (Phi) is 5.71. The SMILES string of the molecule is COCCNS(=O)(=O)c1cc(C(=O)O)cc(-n2ccc(-c3ccsc3)n2)c1. The van der Waals surface area contributed by atoms with Gasteiger partial charge in [0, 0.05) is 30.8 Å². The third-order valence-corrected chi connectivity index (χ3v) is 5.84. The van der Waals surface area contributed by atoms with Gasteiger partial charge in [-0.1, -0.05) is 0 Å². The molecule has 0 aliphatic carbocycles. The molecule has 3 rings (SSSR count). The highest BCUT2D eigenvalue weighted by atomic mass is 32.2. The zero-order valence-corrected chi connectivity index (χ0v) is 16.0. The number of benzene rings is 1. The lowest BCUT2D eigenvalue weighted by molar-refractivity contribution is 0.0696. The third-order valence-electron chi connectivity index (χ3n) is 3.72. The van der Waals surface area contributed by atoms with E-state index in [1.54, 1.807) is 12.3 Å². The molecule has 0 bridgehead atoms. The summed E-state index contributed by atoms with van der Waals surface area (Å²) in [5.41, 5.74) is 1.83. The lowest BCUT2D eigenvalue weighted by atomic mass is 10.2. The van der Waals surface area contributed by atoms with Gasteiger partial charge in [0.15, 0.2) is 0 Å². The van der Waals surface area contributed by atoms with E-state index in [1.165, 1.54) is 35.3 Å².